The maximum absolute atomic E-state index is 11.5. The van der Waals surface area contributed by atoms with Crippen molar-refractivity contribution in [3.63, 3.8) is 0 Å². The van der Waals surface area contributed by atoms with Crippen molar-refractivity contribution >= 4 is 5.97 Å². The summed E-state index contributed by atoms with van der Waals surface area (Å²) < 4.78 is 4.73. The molecule has 1 heterocycles. The average Bonchev–Trinajstić information content (AvgIpc) is 2.75. The summed E-state index contributed by atoms with van der Waals surface area (Å²) in [6.45, 7) is 10.5. The van der Waals surface area contributed by atoms with Crippen molar-refractivity contribution in [2.75, 3.05) is 13.7 Å². The first kappa shape index (κ1) is 14.8. The van der Waals surface area contributed by atoms with Gasteiger partial charge in [0.05, 0.1) is 12.7 Å². The predicted molar refractivity (Wildman–Crippen MR) is 72.5 cm³/mol. The van der Waals surface area contributed by atoms with Crippen LogP contribution >= 0.6 is 0 Å². The van der Waals surface area contributed by atoms with Gasteiger partial charge in [-0.1, -0.05) is 27.7 Å². The van der Waals surface area contributed by atoms with E-state index in [2.05, 4.69) is 38.0 Å². The second kappa shape index (κ2) is 6.05. The molecule has 0 amide bonds. The molecule has 4 heteroatoms. The number of nitrogens with one attached hydrogen (secondary N) is 2. The van der Waals surface area contributed by atoms with E-state index in [1.54, 1.807) is 12.3 Å². The maximum Gasteiger partial charge on any atom is 0.339 e. The fraction of sp³-hybridized carbons (Fsp3) is 0.643. The van der Waals surface area contributed by atoms with Gasteiger partial charge in [0, 0.05) is 18.4 Å². The molecule has 1 atom stereocenters. The standard InChI is InChI=1S/C14H24N2O2/c1-10(14(2,3)4)8-15-9-12-11(6-7-16-12)13(17)18-5/h6-7,10,15-16H,8-9H2,1-5H3. The van der Waals surface area contributed by atoms with Gasteiger partial charge in [0.1, 0.15) is 0 Å². The van der Waals surface area contributed by atoms with Gasteiger partial charge in [-0.2, -0.15) is 0 Å². The van der Waals surface area contributed by atoms with Gasteiger partial charge in [-0.05, 0) is 23.9 Å². The first-order valence-electron chi connectivity index (χ1n) is 6.31. The molecule has 0 aliphatic rings. The lowest BCUT2D eigenvalue weighted by Gasteiger charge is -2.27. The van der Waals surface area contributed by atoms with Crippen molar-refractivity contribution in [2.45, 2.75) is 34.2 Å². The zero-order valence-electron chi connectivity index (χ0n) is 12.0. The molecule has 2 N–H and O–H groups in total. The smallest absolute Gasteiger partial charge is 0.339 e. The minimum absolute atomic E-state index is 0.286. The van der Waals surface area contributed by atoms with E-state index >= 15 is 0 Å². The zero-order chi connectivity index (χ0) is 13.8. The number of carbonyl (C=O) groups is 1. The van der Waals surface area contributed by atoms with Gasteiger partial charge in [0.2, 0.25) is 0 Å². The number of H-pyrrole nitrogens is 1. The van der Waals surface area contributed by atoms with E-state index < -0.39 is 0 Å². The van der Waals surface area contributed by atoms with Crippen molar-refractivity contribution < 1.29 is 9.53 Å². The number of methoxy groups -OCH3 is 1. The summed E-state index contributed by atoms with van der Waals surface area (Å²) in [5.74, 6) is 0.269. The van der Waals surface area contributed by atoms with Crippen LogP contribution in [0.2, 0.25) is 0 Å². The molecular weight excluding hydrogens is 228 g/mol. The number of carbonyl (C=O) groups excluding carboxylic acids is 1. The van der Waals surface area contributed by atoms with Crippen LogP contribution in [0.3, 0.4) is 0 Å². The lowest BCUT2D eigenvalue weighted by molar-refractivity contribution is 0.0599. The summed E-state index contributed by atoms with van der Waals surface area (Å²) >= 11 is 0. The first-order chi connectivity index (χ1) is 8.36. The van der Waals surface area contributed by atoms with E-state index in [-0.39, 0.29) is 11.4 Å². The third-order valence-electron chi connectivity index (χ3n) is 3.47. The normalized spacial score (nSPS) is 13.4. The highest BCUT2D eigenvalue weighted by Gasteiger charge is 2.19. The quantitative estimate of drug-likeness (QED) is 0.792. The Bertz CT molecular complexity index is 391. The summed E-state index contributed by atoms with van der Waals surface area (Å²) in [7, 11) is 1.40. The van der Waals surface area contributed by atoms with Crippen LogP contribution in [-0.4, -0.2) is 24.6 Å². The van der Waals surface area contributed by atoms with Gasteiger partial charge >= 0.3 is 5.97 Å². The molecule has 1 rings (SSSR count). The Balaban J connectivity index is 2.50. The maximum atomic E-state index is 11.5. The summed E-state index contributed by atoms with van der Waals surface area (Å²) in [5, 5.41) is 3.37. The van der Waals surface area contributed by atoms with E-state index in [1.165, 1.54) is 7.11 Å². The summed E-state index contributed by atoms with van der Waals surface area (Å²) in [6.07, 6.45) is 1.76. The lowest BCUT2D eigenvalue weighted by Crippen LogP contribution is -2.29. The summed E-state index contributed by atoms with van der Waals surface area (Å²) in [4.78, 5) is 14.6. The van der Waals surface area contributed by atoms with Gasteiger partial charge in [-0.25, -0.2) is 4.79 Å². The van der Waals surface area contributed by atoms with Crippen molar-refractivity contribution in [1.29, 1.82) is 0 Å². The largest absolute Gasteiger partial charge is 0.465 e. The van der Waals surface area contributed by atoms with Crippen molar-refractivity contribution in [1.82, 2.24) is 10.3 Å². The van der Waals surface area contributed by atoms with Crippen LogP contribution in [0.1, 0.15) is 43.7 Å². The van der Waals surface area contributed by atoms with Crippen molar-refractivity contribution in [3.8, 4) is 0 Å². The van der Waals surface area contributed by atoms with Gasteiger partial charge in [-0.15, -0.1) is 0 Å². The third-order valence-corrected chi connectivity index (χ3v) is 3.47. The SMILES string of the molecule is COC(=O)c1cc[nH]c1CNCC(C)C(C)(C)C. The second-order valence-corrected chi connectivity index (χ2v) is 5.76. The predicted octanol–water partition coefficient (Wildman–Crippen LogP) is 2.57. The van der Waals surface area contributed by atoms with Crippen molar-refractivity contribution in [3.05, 3.63) is 23.5 Å². The molecule has 0 aliphatic carbocycles. The monoisotopic (exact) mass is 252 g/mol. The molecule has 0 bridgehead atoms. The molecule has 0 radical (unpaired) electrons. The second-order valence-electron chi connectivity index (χ2n) is 5.76. The topological polar surface area (TPSA) is 54.1 Å². The van der Waals surface area contributed by atoms with E-state index in [9.17, 15) is 4.79 Å². The van der Waals surface area contributed by atoms with Crippen molar-refractivity contribution in [2.24, 2.45) is 11.3 Å². The summed E-state index contributed by atoms with van der Waals surface area (Å²) in [5.41, 5.74) is 1.77. The number of hydrogen-bond acceptors (Lipinski definition) is 3. The van der Waals surface area contributed by atoms with Crippen LogP contribution in [0.25, 0.3) is 0 Å². The van der Waals surface area contributed by atoms with Gasteiger partial charge in [-0.3, -0.25) is 0 Å². The number of hydrogen-bond donors (Lipinski definition) is 2. The zero-order valence-corrected chi connectivity index (χ0v) is 12.0. The number of aromatic amines is 1. The number of aromatic nitrogens is 1. The van der Waals surface area contributed by atoms with Crippen LogP contribution < -0.4 is 5.32 Å². The van der Waals surface area contributed by atoms with Crippen LogP contribution in [0.5, 0.6) is 0 Å². The van der Waals surface area contributed by atoms with Gasteiger partial charge in [0.25, 0.3) is 0 Å². The summed E-state index contributed by atoms with van der Waals surface area (Å²) in [6, 6.07) is 1.75. The Morgan fingerprint density at radius 2 is 2.17 bits per heavy atom. The van der Waals surface area contributed by atoms with E-state index in [1.807, 2.05) is 0 Å². The molecule has 0 fully saturated rings. The molecule has 18 heavy (non-hydrogen) atoms. The Morgan fingerprint density at radius 1 is 1.50 bits per heavy atom. The molecule has 1 aromatic rings. The highest BCUT2D eigenvalue weighted by molar-refractivity contribution is 5.90. The Kier molecular flexibility index (Phi) is 4.96. The van der Waals surface area contributed by atoms with E-state index in [0.717, 1.165) is 12.2 Å². The van der Waals surface area contributed by atoms with Crippen LogP contribution in [0, 0.1) is 11.3 Å². The third kappa shape index (κ3) is 3.88. The Hall–Kier alpha value is -1.29. The van der Waals surface area contributed by atoms with Crippen LogP contribution in [0.15, 0.2) is 12.3 Å². The van der Waals surface area contributed by atoms with Crippen LogP contribution in [-0.2, 0) is 11.3 Å². The Labute approximate surface area is 109 Å². The molecule has 0 saturated carbocycles. The van der Waals surface area contributed by atoms with E-state index in [4.69, 9.17) is 4.74 Å². The van der Waals surface area contributed by atoms with Gasteiger partial charge < -0.3 is 15.0 Å². The fourth-order valence-corrected chi connectivity index (χ4v) is 1.57. The minimum atomic E-state index is -0.295. The number of ether oxygens (including phenoxy) is 1. The van der Waals surface area contributed by atoms with Crippen LogP contribution in [0.4, 0.5) is 0 Å². The highest BCUT2D eigenvalue weighted by atomic mass is 16.5. The lowest BCUT2D eigenvalue weighted by atomic mass is 9.82. The van der Waals surface area contributed by atoms with E-state index in [0.29, 0.717) is 18.0 Å². The molecule has 0 aromatic carbocycles. The average molecular weight is 252 g/mol. The molecule has 0 spiro atoms. The number of rotatable bonds is 5. The minimum Gasteiger partial charge on any atom is -0.465 e. The highest BCUT2D eigenvalue weighted by Crippen LogP contribution is 2.24. The molecule has 1 aromatic heterocycles. The molecule has 4 nitrogen and oxygen atoms in total. The Morgan fingerprint density at radius 3 is 2.72 bits per heavy atom. The molecular formula is C14H24N2O2. The fourth-order valence-electron chi connectivity index (χ4n) is 1.57. The molecule has 102 valence electrons. The molecule has 0 saturated heterocycles. The number of esters is 1. The van der Waals surface area contributed by atoms with Gasteiger partial charge in [0.15, 0.2) is 0 Å². The molecule has 0 aliphatic heterocycles. The first-order valence-corrected chi connectivity index (χ1v) is 6.31. The molecule has 1 unspecified atom stereocenters.